The summed E-state index contributed by atoms with van der Waals surface area (Å²) in [5, 5.41) is 3.04. The van der Waals surface area contributed by atoms with E-state index in [4.69, 9.17) is 5.73 Å². The Balaban J connectivity index is 2.19. The van der Waals surface area contributed by atoms with Crippen LogP contribution in [0.1, 0.15) is 23.6 Å². The molecule has 2 rings (SSSR count). The van der Waals surface area contributed by atoms with E-state index in [0.717, 1.165) is 17.7 Å². The van der Waals surface area contributed by atoms with Gasteiger partial charge in [0.05, 0.1) is 18.0 Å². The second-order valence-electron chi connectivity index (χ2n) is 4.85. The molecule has 0 unspecified atom stereocenters. The molecule has 2 aromatic rings. The maximum atomic E-state index is 12.5. The van der Waals surface area contributed by atoms with Gasteiger partial charge in [0, 0.05) is 5.69 Å². The number of benzene rings is 2. The smallest absolute Gasteiger partial charge is 0.378 e. The van der Waals surface area contributed by atoms with Crippen molar-refractivity contribution in [2.24, 2.45) is 5.73 Å². The number of amides is 1. The summed E-state index contributed by atoms with van der Waals surface area (Å²) in [6.07, 6.45) is -4.32. The lowest BCUT2D eigenvalue weighted by atomic mass is 10.0. The zero-order valence-electron chi connectivity index (χ0n) is 11.6. The minimum absolute atomic E-state index is 0.0467. The maximum Gasteiger partial charge on any atom is 0.416 e. The average Bonchev–Trinajstić information content (AvgIpc) is 2.47. The number of alkyl halides is 3. The van der Waals surface area contributed by atoms with Gasteiger partial charge in [-0.25, -0.2) is 0 Å². The van der Waals surface area contributed by atoms with E-state index in [1.54, 1.807) is 0 Å². The standard InChI is InChI=1S/C16H15F3N2O/c17-16(18,19)12-6-8-13(9-7-12)21-14(10-15(20)22)11-4-2-1-3-5-11/h1-9,14,21H,10H2,(H2,20,22)/t14-/m0/s1. The Morgan fingerprint density at radius 2 is 1.64 bits per heavy atom. The van der Waals surface area contributed by atoms with E-state index in [0.29, 0.717) is 5.69 Å². The molecule has 22 heavy (non-hydrogen) atoms. The summed E-state index contributed by atoms with van der Waals surface area (Å²) >= 11 is 0. The van der Waals surface area contributed by atoms with Gasteiger partial charge in [-0.05, 0) is 29.8 Å². The van der Waals surface area contributed by atoms with Gasteiger partial charge in [0.25, 0.3) is 0 Å². The van der Waals surface area contributed by atoms with E-state index >= 15 is 0 Å². The van der Waals surface area contributed by atoms with Crippen molar-refractivity contribution in [2.45, 2.75) is 18.6 Å². The number of hydrogen-bond acceptors (Lipinski definition) is 2. The van der Waals surface area contributed by atoms with Gasteiger partial charge in [-0.15, -0.1) is 0 Å². The van der Waals surface area contributed by atoms with Crippen LogP contribution in [-0.2, 0) is 11.0 Å². The van der Waals surface area contributed by atoms with Crippen LogP contribution in [0, 0.1) is 0 Å². The lowest BCUT2D eigenvalue weighted by molar-refractivity contribution is -0.137. The Bertz CT molecular complexity index is 624. The highest BCUT2D eigenvalue weighted by Crippen LogP contribution is 2.30. The molecule has 116 valence electrons. The van der Waals surface area contributed by atoms with Crippen molar-refractivity contribution in [3.05, 3.63) is 65.7 Å². The molecule has 0 spiro atoms. The molecule has 0 aliphatic heterocycles. The molecule has 0 saturated heterocycles. The number of rotatable bonds is 5. The summed E-state index contributed by atoms with van der Waals surface area (Å²) < 4.78 is 37.6. The van der Waals surface area contributed by atoms with Gasteiger partial charge < -0.3 is 11.1 Å². The van der Waals surface area contributed by atoms with Gasteiger partial charge >= 0.3 is 6.18 Å². The molecule has 0 heterocycles. The Labute approximate surface area is 125 Å². The van der Waals surface area contributed by atoms with Gasteiger partial charge in [-0.2, -0.15) is 13.2 Å². The molecule has 3 nitrogen and oxygen atoms in total. The lowest BCUT2D eigenvalue weighted by Gasteiger charge is -2.19. The predicted octanol–water partition coefficient (Wildman–Crippen LogP) is 3.73. The van der Waals surface area contributed by atoms with Crippen LogP contribution in [0.5, 0.6) is 0 Å². The minimum Gasteiger partial charge on any atom is -0.378 e. The first-order valence-electron chi connectivity index (χ1n) is 6.63. The summed E-state index contributed by atoms with van der Waals surface area (Å²) in [5.41, 5.74) is 5.84. The van der Waals surface area contributed by atoms with E-state index in [1.807, 2.05) is 30.3 Å². The average molecular weight is 308 g/mol. The molecule has 0 radical (unpaired) electrons. The van der Waals surface area contributed by atoms with Crippen LogP contribution in [0.15, 0.2) is 54.6 Å². The van der Waals surface area contributed by atoms with E-state index in [9.17, 15) is 18.0 Å². The van der Waals surface area contributed by atoms with Gasteiger partial charge in [0.1, 0.15) is 0 Å². The first-order valence-corrected chi connectivity index (χ1v) is 6.63. The monoisotopic (exact) mass is 308 g/mol. The molecule has 0 saturated carbocycles. The molecular weight excluding hydrogens is 293 g/mol. The molecule has 0 aromatic heterocycles. The third-order valence-electron chi connectivity index (χ3n) is 3.16. The van der Waals surface area contributed by atoms with Crippen LogP contribution >= 0.6 is 0 Å². The largest absolute Gasteiger partial charge is 0.416 e. The Kier molecular flexibility index (Phi) is 4.70. The fourth-order valence-corrected chi connectivity index (χ4v) is 2.10. The van der Waals surface area contributed by atoms with Crippen LogP contribution in [0.25, 0.3) is 0 Å². The molecule has 0 fully saturated rings. The first kappa shape index (κ1) is 15.9. The van der Waals surface area contributed by atoms with Crippen molar-refractivity contribution >= 4 is 11.6 Å². The van der Waals surface area contributed by atoms with Gasteiger partial charge in [-0.1, -0.05) is 30.3 Å². The molecule has 2 aromatic carbocycles. The normalized spacial score (nSPS) is 12.7. The second kappa shape index (κ2) is 6.51. The highest BCUT2D eigenvalue weighted by molar-refractivity contribution is 5.75. The van der Waals surface area contributed by atoms with Crippen LogP contribution in [-0.4, -0.2) is 5.91 Å². The van der Waals surface area contributed by atoms with Crippen molar-refractivity contribution in [2.75, 3.05) is 5.32 Å². The highest BCUT2D eigenvalue weighted by Gasteiger charge is 2.30. The molecule has 0 aliphatic carbocycles. The summed E-state index contributed by atoms with van der Waals surface area (Å²) in [6, 6.07) is 13.4. The quantitative estimate of drug-likeness (QED) is 0.884. The van der Waals surface area contributed by atoms with Gasteiger partial charge in [0.2, 0.25) is 5.91 Å². The highest BCUT2D eigenvalue weighted by atomic mass is 19.4. The zero-order valence-corrected chi connectivity index (χ0v) is 11.6. The van der Waals surface area contributed by atoms with E-state index in [-0.39, 0.29) is 6.42 Å². The third-order valence-corrected chi connectivity index (χ3v) is 3.16. The molecule has 1 atom stereocenters. The summed E-state index contributed by atoms with van der Waals surface area (Å²) in [5.74, 6) is -0.492. The van der Waals surface area contributed by atoms with Crippen molar-refractivity contribution in [3.8, 4) is 0 Å². The number of halogens is 3. The molecule has 1 amide bonds. The number of hydrogen-bond donors (Lipinski definition) is 2. The molecule has 0 aliphatic rings. The lowest BCUT2D eigenvalue weighted by Crippen LogP contribution is -2.20. The molecule has 0 bridgehead atoms. The van der Waals surface area contributed by atoms with E-state index in [2.05, 4.69) is 5.32 Å². The van der Waals surface area contributed by atoms with Crippen molar-refractivity contribution in [1.29, 1.82) is 0 Å². The fourth-order valence-electron chi connectivity index (χ4n) is 2.10. The SMILES string of the molecule is NC(=O)C[C@H](Nc1ccc(C(F)(F)F)cc1)c1ccccc1. The van der Waals surface area contributed by atoms with Gasteiger partial charge in [-0.3, -0.25) is 4.79 Å². The molecule has 3 N–H and O–H groups in total. The van der Waals surface area contributed by atoms with Crippen LogP contribution in [0.3, 0.4) is 0 Å². The number of nitrogens with one attached hydrogen (secondary N) is 1. The summed E-state index contributed by atoms with van der Waals surface area (Å²) in [4.78, 5) is 11.2. The van der Waals surface area contributed by atoms with Crippen molar-refractivity contribution in [1.82, 2.24) is 0 Å². The number of nitrogens with two attached hydrogens (primary N) is 1. The minimum atomic E-state index is -4.37. The Hall–Kier alpha value is -2.50. The Morgan fingerprint density at radius 3 is 2.14 bits per heavy atom. The third kappa shape index (κ3) is 4.25. The van der Waals surface area contributed by atoms with Crippen molar-refractivity contribution < 1.29 is 18.0 Å². The summed E-state index contributed by atoms with van der Waals surface area (Å²) in [6.45, 7) is 0. The maximum absolute atomic E-state index is 12.5. The zero-order chi connectivity index (χ0) is 16.2. The van der Waals surface area contributed by atoms with Crippen LogP contribution in [0.4, 0.5) is 18.9 Å². The second-order valence-corrected chi connectivity index (χ2v) is 4.85. The van der Waals surface area contributed by atoms with Crippen LogP contribution < -0.4 is 11.1 Å². The predicted molar refractivity (Wildman–Crippen MR) is 78.1 cm³/mol. The van der Waals surface area contributed by atoms with Crippen LogP contribution in [0.2, 0.25) is 0 Å². The summed E-state index contributed by atoms with van der Waals surface area (Å²) in [7, 11) is 0. The number of carbonyl (C=O) groups excluding carboxylic acids is 1. The first-order chi connectivity index (χ1) is 10.4. The number of anilines is 1. The Morgan fingerprint density at radius 1 is 1.05 bits per heavy atom. The fraction of sp³-hybridized carbons (Fsp3) is 0.188. The van der Waals surface area contributed by atoms with E-state index in [1.165, 1.54) is 12.1 Å². The topological polar surface area (TPSA) is 55.1 Å². The van der Waals surface area contributed by atoms with Crippen molar-refractivity contribution in [3.63, 3.8) is 0 Å². The number of carbonyl (C=O) groups is 1. The van der Waals surface area contributed by atoms with E-state index < -0.39 is 23.7 Å². The molecule has 6 heteroatoms. The molecular formula is C16H15F3N2O. The number of primary amides is 1. The van der Waals surface area contributed by atoms with Gasteiger partial charge in [0.15, 0.2) is 0 Å².